The number of hydrogen-bond donors (Lipinski definition) is 3. The molecule has 3 rings (SSSR count). The summed E-state index contributed by atoms with van der Waals surface area (Å²) in [5, 5.41) is 3.02. The Morgan fingerprint density at radius 2 is 1.67 bits per heavy atom. The maximum Gasteiger partial charge on any atom is 0.327 e. The van der Waals surface area contributed by atoms with Crippen LogP contribution >= 0.6 is 0 Å². The number of aromatic nitrogens is 2. The highest BCUT2D eigenvalue weighted by Crippen LogP contribution is 2.22. The topological polar surface area (TPSA) is 81.0 Å². The van der Waals surface area contributed by atoms with Gasteiger partial charge < -0.3 is 10.2 Å². The summed E-state index contributed by atoms with van der Waals surface area (Å²) in [6, 6.07) is 9.32. The summed E-state index contributed by atoms with van der Waals surface area (Å²) >= 11 is 0. The molecular formula is C15H18N4O2. The third-order valence-electron chi connectivity index (χ3n) is 3.63. The summed E-state index contributed by atoms with van der Waals surface area (Å²) in [4.78, 5) is 29.5. The Hall–Kier alpha value is -2.50. The Bertz CT molecular complexity index is 683. The van der Waals surface area contributed by atoms with Crippen LogP contribution in [0.2, 0.25) is 0 Å². The zero-order chi connectivity index (χ0) is 14.7. The molecule has 1 aliphatic rings. The molecule has 2 aromatic rings. The van der Waals surface area contributed by atoms with E-state index in [1.54, 1.807) is 0 Å². The molecule has 1 fully saturated rings. The van der Waals surface area contributed by atoms with Gasteiger partial charge in [-0.15, -0.1) is 0 Å². The van der Waals surface area contributed by atoms with Crippen molar-refractivity contribution in [1.29, 1.82) is 0 Å². The van der Waals surface area contributed by atoms with Crippen LogP contribution < -0.4 is 21.5 Å². The molecule has 1 aromatic carbocycles. The fourth-order valence-corrected chi connectivity index (χ4v) is 2.60. The van der Waals surface area contributed by atoms with E-state index in [2.05, 4.69) is 32.3 Å². The fraction of sp³-hybridized carbons (Fsp3) is 0.333. The second-order valence-corrected chi connectivity index (χ2v) is 5.22. The first kappa shape index (κ1) is 13.5. The zero-order valence-electron chi connectivity index (χ0n) is 11.7. The van der Waals surface area contributed by atoms with Gasteiger partial charge in [-0.05, 0) is 43.5 Å². The van der Waals surface area contributed by atoms with E-state index in [4.69, 9.17) is 0 Å². The first-order chi connectivity index (χ1) is 10.2. The van der Waals surface area contributed by atoms with Crippen LogP contribution in [0, 0.1) is 0 Å². The fourth-order valence-electron chi connectivity index (χ4n) is 2.60. The summed E-state index contributed by atoms with van der Waals surface area (Å²) in [6.45, 7) is 2.21. The van der Waals surface area contributed by atoms with Crippen molar-refractivity contribution < 1.29 is 0 Å². The van der Waals surface area contributed by atoms with Crippen molar-refractivity contribution in [3.8, 4) is 0 Å². The van der Waals surface area contributed by atoms with Gasteiger partial charge in [0.1, 0.15) is 5.82 Å². The molecule has 2 heterocycles. The third kappa shape index (κ3) is 3.34. The van der Waals surface area contributed by atoms with E-state index in [0.29, 0.717) is 5.82 Å². The van der Waals surface area contributed by atoms with Crippen LogP contribution in [0.5, 0.6) is 0 Å². The molecular weight excluding hydrogens is 268 g/mol. The summed E-state index contributed by atoms with van der Waals surface area (Å²) in [5.74, 6) is 0.384. The van der Waals surface area contributed by atoms with E-state index in [-0.39, 0.29) is 0 Å². The molecule has 6 heteroatoms. The van der Waals surface area contributed by atoms with Crippen LogP contribution in [0.4, 0.5) is 17.2 Å². The van der Waals surface area contributed by atoms with E-state index < -0.39 is 11.2 Å². The minimum Gasteiger partial charge on any atom is -0.372 e. The first-order valence-electron chi connectivity index (χ1n) is 7.16. The molecule has 0 spiro atoms. The summed E-state index contributed by atoms with van der Waals surface area (Å²) in [5.41, 5.74) is 1.10. The van der Waals surface area contributed by atoms with Gasteiger partial charge in [-0.3, -0.25) is 14.8 Å². The predicted octanol–water partition coefficient (Wildman–Crippen LogP) is 1.80. The normalized spacial score (nSPS) is 15.0. The van der Waals surface area contributed by atoms with E-state index in [9.17, 15) is 9.59 Å². The largest absolute Gasteiger partial charge is 0.372 e. The van der Waals surface area contributed by atoms with E-state index in [1.807, 2.05) is 12.1 Å². The molecule has 6 nitrogen and oxygen atoms in total. The number of nitrogens with one attached hydrogen (secondary N) is 3. The number of hydrogen-bond acceptors (Lipinski definition) is 4. The molecule has 0 atom stereocenters. The average Bonchev–Trinajstić information content (AvgIpc) is 2.48. The predicted molar refractivity (Wildman–Crippen MR) is 83.5 cm³/mol. The highest BCUT2D eigenvalue weighted by atomic mass is 16.2. The van der Waals surface area contributed by atoms with Gasteiger partial charge in [-0.1, -0.05) is 0 Å². The highest BCUT2D eigenvalue weighted by Gasteiger charge is 2.10. The molecule has 0 unspecified atom stereocenters. The second-order valence-electron chi connectivity index (χ2n) is 5.22. The lowest BCUT2D eigenvalue weighted by Gasteiger charge is -2.28. The molecule has 1 aliphatic heterocycles. The van der Waals surface area contributed by atoms with Gasteiger partial charge in [0.15, 0.2) is 0 Å². The van der Waals surface area contributed by atoms with Crippen LogP contribution in [0.25, 0.3) is 0 Å². The van der Waals surface area contributed by atoms with Crippen LogP contribution in [-0.4, -0.2) is 23.1 Å². The number of aromatic amines is 2. The Labute approximate surface area is 121 Å². The third-order valence-corrected chi connectivity index (χ3v) is 3.63. The molecule has 1 aromatic heterocycles. The SMILES string of the molecule is O=c1cc(Nc2ccc(N3CCCCC3)cc2)[nH]c(=O)[nH]1. The van der Waals surface area contributed by atoms with Gasteiger partial charge >= 0.3 is 5.69 Å². The Balaban J connectivity index is 1.74. The molecule has 0 aliphatic carbocycles. The minimum atomic E-state index is -0.519. The summed E-state index contributed by atoms with van der Waals surface area (Å²) in [6.07, 6.45) is 3.80. The van der Waals surface area contributed by atoms with Gasteiger partial charge in [0.25, 0.3) is 5.56 Å². The van der Waals surface area contributed by atoms with Crippen molar-refractivity contribution in [2.75, 3.05) is 23.3 Å². The van der Waals surface area contributed by atoms with Gasteiger partial charge in [-0.2, -0.15) is 0 Å². The quantitative estimate of drug-likeness (QED) is 0.803. The minimum absolute atomic E-state index is 0.384. The lowest BCUT2D eigenvalue weighted by molar-refractivity contribution is 0.578. The molecule has 3 N–H and O–H groups in total. The lowest BCUT2D eigenvalue weighted by atomic mass is 10.1. The van der Waals surface area contributed by atoms with E-state index in [0.717, 1.165) is 18.8 Å². The second kappa shape index (κ2) is 5.87. The lowest BCUT2D eigenvalue weighted by Crippen LogP contribution is -2.29. The van der Waals surface area contributed by atoms with E-state index >= 15 is 0 Å². The summed E-state index contributed by atoms with van der Waals surface area (Å²) < 4.78 is 0. The number of nitrogens with zero attached hydrogens (tertiary/aromatic N) is 1. The molecule has 0 radical (unpaired) electrons. The Kier molecular flexibility index (Phi) is 3.77. The molecule has 110 valence electrons. The standard InChI is InChI=1S/C15H18N4O2/c20-14-10-13(17-15(21)18-14)16-11-4-6-12(7-5-11)19-8-2-1-3-9-19/h4-7,10H,1-3,8-9H2,(H3,16,17,18,20,21). The number of H-pyrrole nitrogens is 2. The van der Waals surface area contributed by atoms with Crippen molar-refractivity contribution >= 4 is 17.2 Å². The number of rotatable bonds is 3. The van der Waals surface area contributed by atoms with Crippen molar-refractivity contribution in [2.24, 2.45) is 0 Å². The first-order valence-corrected chi connectivity index (χ1v) is 7.16. The molecule has 0 amide bonds. The van der Waals surface area contributed by atoms with Crippen LogP contribution in [0.1, 0.15) is 19.3 Å². The van der Waals surface area contributed by atoms with Crippen LogP contribution in [-0.2, 0) is 0 Å². The van der Waals surface area contributed by atoms with Crippen LogP contribution in [0.3, 0.4) is 0 Å². The maximum atomic E-state index is 11.2. The zero-order valence-corrected chi connectivity index (χ0v) is 11.7. The summed E-state index contributed by atoms with van der Waals surface area (Å²) in [7, 11) is 0. The highest BCUT2D eigenvalue weighted by molar-refractivity contribution is 5.60. The van der Waals surface area contributed by atoms with Crippen molar-refractivity contribution in [3.05, 3.63) is 51.2 Å². The number of piperidine rings is 1. The van der Waals surface area contributed by atoms with Gasteiger partial charge in [0, 0.05) is 30.5 Å². The molecule has 21 heavy (non-hydrogen) atoms. The van der Waals surface area contributed by atoms with Gasteiger partial charge in [-0.25, -0.2) is 4.79 Å². The smallest absolute Gasteiger partial charge is 0.327 e. The Morgan fingerprint density at radius 3 is 2.33 bits per heavy atom. The number of anilines is 3. The van der Waals surface area contributed by atoms with Gasteiger partial charge in [0.05, 0.1) is 0 Å². The van der Waals surface area contributed by atoms with E-state index in [1.165, 1.54) is 31.0 Å². The maximum absolute atomic E-state index is 11.2. The monoisotopic (exact) mass is 286 g/mol. The molecule has 0 bridgehead atoms. The van der Waals surface area contributed by atoms with Crippen molar-refractivity contribution in [1.82, 2.24) is 9.97 Å². The molecule has 1 saturated heterocycles. The Morgan fingerprint density at radius 1 is 0.952 bits per heavy atom. The molecule has 0 saturated carbocycles. The van der Waals surface area contributed by atoms with Crippen molar-refractivity contribution in [2.45, 2.75) is 19.3 Å². The van der Waals surface area contributed by atoms with Crippen LogP contribution in [0.15, 0.2) is 39.9 Å². The van der Waals surface area contributed by atoms with Crippen molar-refractivity contribution in [3.63, 3.8) is 0 Å². The van der Waals surface area contributed by atoms with Gasteiger partial charge in [0.2, 0.25) is 0 Å². The number of benzene rings is 1. The average molecular weight is 286 g/mol.